The quantitative estimate of drug-likeness (QED) is 0.363. The third kappa shape index (κ3) is 8.82. The van der Waals surface area contributed by atoms with E-state index in [1.54, 1.807) is 30.6 Å². The summed E-state index contributed by atoms with van der Waals surface area (Å²) >= 11 is 0. The molecule has 2 bridgehead atoms. The zero-order valence-electron chi connectivity index (χ0n) is 24.2. The van der Waals surface area contributed by atoms with Crippen molar-refractivity contribution in [2.45, 2.75) is 58.3 Å². The summed E-state index contributed by atoms with van der Waals surface area (Å²) in [5.41, 5.74) is 3.38. The van der Waals surface area contributed by atoms with Gasteiger partial charge >= 0.3 is 6.01 Å². The minimum atomic E-state index is -1.14. The summed E-state index contributed by atoms with van der Waals surface area (Å²) < 4.78 is 5.67. The van der Waals surface area contributed by atoms with Gasteiger partial charge in [0, 0.05) is 43.6 Å². The highest BCUT2D eigenvalue weighted by Crippen LogP contribution is 2.19. The number of ether oxygens (including phenoxy) is 1. The molecule has 222 valence electrons. The van der Waals surface area contributed by atoms with Crippen LogP contribution in [0.1, 0.15) is 47.3 Å². The number of hydrogen-bond donors (Lipinski definition) is 4. The van der Waals surface area contributed by atoms with Crippen LogP contribution in [0.3, 0.4) is 0 Å². The molecule has 0 aliphatic carbocycles. The van der Waals surface area contributed by atoms with E-state index in [1.165, 1.54) is 6.92 Å². The number of rotatable bonds is 5. The van der Waals surface area contributed by atoms with E-state index in [0.29, 0.717) is 43.8 Å². The van der Waals surface area contributed by atoms with E-state index < -0.39 is 24.0 Å². The lowest BCUT2D eigenvalue weighted by atomic mass is 10.00. The van der Waals surface area contributed by atoms with Gasteiger partial charge < -0.3 is 25.8 Å². The largest absolute Gasteiger partial charge is 0.424 e. The van der Waals surface area contributed by atoms with Gasteiger partial charge in [-0.2, -0.15) is 0 Å². The van der Waals surface area contributed by atoms with Gasteiger partial charge in [-0.25, -0.2) is 9.97 Å². The standard InChI is InChI=1S/C31H38N6O5/c1-20-7-10-25-16-24(20)6-4-13-32-27(39)19-37(17-21(2)35-30(41)28(22(3)38)36-29(25)40)18-23-8-11-26(12-9-23)42-31-33-14-5-15-34-31/h5,7-12,14-16,21-22,28,38H,4,6,13,17-19H2,1-3H3,(H,32,39)(H,35,41)(H,36,40)/t21-,22-,28+/m1/s1. The number of fused-ring (bicyclic) bond motifs is 2. The van der Waals surface area contributed by atoms with Gasteiger partial charge in [-0.1, -0.05) is 18.2 Å². The summed E-state index contributed by atoms with van der Waals surface area (Å²) in [5.74, 6) is -0.478. The van der Waals surface area contributed by atoms with Crippen LogP contribution in [-0.2, 0) is 22.6 Å². The van der Waals surface area contributed by atoms with Crippen LogP contribution < -0.4 is 20.7 Å². The second kappa shape index (κ2) is 14.5. The molecule has 42 heavy (non-hydrogen) atoms. The number of aromatic nitrogens is 2. The fraction of sp³-hybridized carbons (Fsp3) is 0.387. The van der Waals surface area contributed by atoms with Crippen LogP contribution in [0.4, 0.5) is 0 Å². The van der Waals surface area contributed by atoms with E-state index in [4.69, 9.17) is 4.74 Å². The molecule has 0 spiro atoms. The number of benzene rings is 2. The Hall–Kier alpha value is -4.35. The monoisotopic (exact) mass is 574 g/mol. The maximum Gasteiger partial charge on any atom is 0.321 e. The molecule has 1 aromatic heterocycles. The van der Waals surface area contributed by atoms with Crippen molar-refractivity contribution < 1.29 is 24.2 Å². The minimum Gasteiger partial charge on any atom is -0.424 e. The van der Waals surface area contributed by atoms with Crippen molar-refractivity contribution in [3.8, 4) is 11.8 Å². The second-order valence-corrected chi connectivity index (χ2v) is 10.6. The molecule has 0 fully saturated rings. The topological polar surface area (TPSA) is 146 Å². The van der Waals surface area contributed by atoms with Crippen LogP contribution in [0.25, 0.3) is 0 Å². The van der Waals surface area contributed by atoms with Crippen molar-refractivity contribution in [1.29, 1.82) is 0 Å². The van der Waals surface area contributed by atoms with E-state index in [-0.39, 0.29) is 24.5 Å². The van der Waals surface area contributed by atoms with Crippen molar-refractivity contribution in [2.24, 2.45) is 0 Å². The molecule has 3 atom stereocenters. The zero-order chi connectivity index (χ0) is 30.1. The molecular formula is C31H38N6O5. The Morgan fingerprint density at radius 1 is 1.07 bits per heavy atom. The Labute approximate surface area is 245 Å². The summed E-state index contributed by atoms with van der Waals surface area (Å²) in [6.45, 7) is 6.67. The number of hydrogen-bond acceptors (Lipinski definition) is 8. The summed E-state index contributed by atoms with van der Waals surface area (Å²) in [7, 11) is 0. The predicted octanol–water partition coefficient (Wildman–Crippen LogP) is 2.13. The molecule has 0 saturated carbocycles. The Balaban J connectivity index is 1.49. The number of aliphatic hydroxyl groups excluding tert-OH is 1. The maximum absolute atomic E-state index is 13.1. The SMILES string of the molecule is Cc1ccc2cc1CCCNC(=O)CN(Cc1ccc(Oc3ncccn3)cc1)C[C@@H](C)NC(=O)[C@H]([C@@H](C)O)NC2=O. The number of carbonyl (C=O) groups is 3. The van der Waals surface area contributed by atoms with Crippen LogP contribution >= 0.6 is 0 Å². The molecule has 2 aromatic carbocycles. The molecule has 0 radical (unpaired) electrons. The average Bonchev–Trinajstić information content (AvgIpc) is 2.95. The van der Waals surface area contributed by atoms with Gasteiger partial charge in [0.25, 0.3) is 5.91 Å². The number of aryl methyl sites for hydroxylation is 2. The number of nitrogens with zero attached hydrogens (tertiary/aromatic N) is 3. The minimum absolute atomic E-state index is 0.122. The van der Waals surface area contributed by atoms with Crippen LogP contribution in [0.5, 0.6) is 11.8 Å². The molecule has 0 saturated heterocycles. The fourth-order valence-corrected chi connectivity index (χ4v) is 4.79. The second-order valence-electron chi connectivity index (χ2n) is 10.6. The third-order valence-corrected chi connectivity index (χ3v) is 6.98. The van der Waals surface area contributed by atoms with Crippen LogP contribution in [0, 0.1) is 6.92 Å². The number of aliphatic hydroxyl groups is 1. The molecule has 4 rings (SSSR count). The maximum atomic E-state index is 13.1. The molecule has 3 amide bonds. The zero-order valence-corrected chi connectivity index (χ0v) is 24.2. The highest BCUT2D eigenvalue weighted by Gasteiger charge is 2.28. The molecule has 11 nitrogen and oxygen atoms in total. The highest BCUT2D eigenvalue weighted by atomic mass is 16.5. The first-order chi connectivity index (χ1) is 20.2. The van der Waals surface area contributed by atoms with Gasteiger partial charge in [-0.3, -0.25) is 19.3 Å². The lowest BCUT2D eigenvalue weighted by Crippen LogP contribution is -2.55. The van der Waals surface area contributed by atoms with Crippen molar-refractivity contribution in [2.75, 3.05) is 19.6 Å². The Morgan fingerprint density at radius 3 is 2.52 bits per heavy atom. The van der Waals surface area contributed by atoms with Gasteiger partial charge in [0.1, 0.15) is 11.8 Å². The average molecular weight is 575 g/mol. The van der Waals surface area contributed by atoms with Gasteiger partial charge in [0.2, 0.25) is 11.8 Å². The van der Waals surface area contributed by atoms with Crippen LogP contribution in [0.15, 0.2) is 60.9 Å². The number of amides is 3. The normalized spacial score (nSPS) is 20.0. The van der Waals surface area contributed by atoms with Gasteiger partial charge in [0.05, 0.1) is 12.6 Å². The van der Waals surface area contributed by atoms with Gasteiger partial charge in [-0.05, 0) is 80.6 Å². The van der Waals surface area contributed by atoms with E-state index in [1.807, 2.05) is 49.1 Å². The van der Waals surface area contributed by atoms with Crippen molar-refractivity contribution in [1.82, 2.24) is 30.8 Å². The smallest absolute Gasteiger partial charge is 0.321 e. The molecule has 3 aromatic rings. The lowest BCUT2D eigenvalue weighted by molar-refractivity contribution is -0.126. The Kier molecular flexibility index (Phi) is 10.6. The Bertz CT molecular complexity index is 1370. The molecule has 11 heteroatoms. The fourth-order valence-electron chi connectivity index (χ4n) is 4.79. The summed E-state index contributed by atoms with van der Waals surface area (Å²) in [5, 5.41) is 18.9. The summed E-state index contributed by atoms with van der Waals surface area (Å²) in [6, 6.07) is 13.2. The lowest BCUT2D eigenvalue weighted by Gasteiger charge is -2.28. The molecule has 1 aliphatic heterocycles. The van der Waals surface area contributed by atoms with Crippen molar-refractivity contribution >= 4 is 17.7 Å². The van der Waals surface area contributed by atoms with Gasteiger partial charge in [-0.15, -0.1) is 0 Å². The Morgan fingerprint density at radius 2 is 1.81 bits per heavy atom. The first-order valence-corrected chi connectivity index (χ1v) is 14.1. The van der Waals surface area contributed by atoms with Crippen LogP contribution in [0.2, 0.25) is 0 Å². The predicted molar refractivity (Wildman–Crippen MR) is 157 cm³/mol. The molecule has 1 aliphatic rings. The highest BCUT2D eigenvalue weighted by molar-refractivity contribution is 5.98. The molecule has 2 heterocycles. The van der Waals surface area contributed by atoms with E-state index >= 15 is 0 Å². The number of nitrogens with one attached hydrogen (secondary N) is 3. The molecular weight excluding hydrogens is 536 g/mol. The number of carbonyl (C=O) groups excluding carboxylic acids is 3. The van der Waals surface area contributed by atoms with E-state index in [2.05, 4.69) is 25.9 Å². The first kappa shape index (κ1) is 30.6. The third-order valence-electron chi connectivity index (χ3n) is 6.98. The first-order valence-electron chi connectivity index (χ1n) is 14.1. The van der Waals surface area contributed by atoms with Crippen molar-refractivity contribution in [3.05, 3.63) is 83.2 Å². The van der Waals surface area contributed by atoms with E-state index in [9.17, 15) is 19.5 Å². The molecule has 0 unspecified atom stereocenters. The van der Waals surface area contributed by atoms with Crippen molar-refractivity contribution in [3.63, 3.8) is 0 Å². The summed E-state index contributed by atoms with van der Waals surface area (Å²) in [4.78, 5) is 49.2. The van der Waals surface area contributed by atoms with Gasteiger partial charge in [0.15, 0.2) is 0 Å². The van der Waals surface area contributed by atoms with Crippen LogP contribution in [-0.4, -0.2) is 75.5 Å². The summed E-state index contributed by atoms with van der Waals surface area (Å²) in [6.07, 6.45) is 3.47. The molecule has 4 N–H and O–H groups in total. The van der Waals surface area contributed by atoms with E-state index in [0.717, 1.165) is 16.7 Å².